The van der Waals surface area contributed by atoms with Crippen LogP contribution in [-0.2, 0) is 14.1 Å². The molecule has 2 aromatic rings. The Morgan fingerprint density at radius 2 is 1.97 bits per heavy atom. The largest absolute Gasteiger partial charge is 0.494 e. The van der Waals surface area contributed by atoms with Crippen LogP contribution in [0.25, 0.3) is 11.0 Å². The smallest absolute Gasteiger partial charge is 0.399 e. The van der Waals surface area contributed by atoms with Crippen molar-refractivity contribution in [2.75, 3.05) is 6.54 Å². The van der Waals surface area contributed by atoms with Gasteiger partial charge in [-0.2, -0.15) is 0 Å². The van der Waals surface area contributed by atoms with Gasteiger partial charge in [0.05, 0.1) is 28.3 Å². The fourth-order valence-corrected chi connectivity index (χ4v) is 4.15. The van der Waals surface area contributed by atoms with Gasteiger partial charge < -0.3 is 19.2 Å². The molecule has 6 nitrogen and oxygen atoms in total. The first-order valence-electron chi connectivity index (χ1n) is 10.7. The van der Waals surface area contributed by atoms with Gasteiger partial charge in [0.15, 0.2) is 0 Å². The van der Waals surface area contributed by atoms with Crippen molar-refractivity contribution >= 4 is 29.5 Å². The molecular weight excluding hydrogens is 365 g/mol. The number of hydrogen-bond acceptors (Lipinski definition) is 4. The van der Waals surface area contributed by atoms with Gasteiger partial charge in [0.1, 0.15) is 5.82 Å². The fraction of sp³-hybridized carbons (Fsp3) is 0.636. The van der Waals surface area contributed by atoms with Crippen molar-refractivity contribution < 1.29 is 14.1 Å². The molecule has 0 saturated carbocycles. The summed E-state index contributed by atoms with van der Waals surface area (Å²) < 4.78 is 12.4. The van der Waals surface area contributed by atoms with Crippen LogP contribution in [-0.4, -0.2) is 45.6 Å². The van der Waals surface area contributed by atoms with Crippen molar-refractivity contribution in [3.8, 4) is 0 Å². The molecule has 1 aromatic carbocycles. The minimum absolute atomic E-state index is 0.0361. The van der Waals surface area contributed by atoms with E-state index in [4.69, 9.17) is 14.3 Å². The number of aromatic amines is 1. The van der Waals surface area contributed by atoms with Gasteiger partial charge >= 0.3 is 7.12 Å². The van der Waals surface area contributed by atoms with Crippen LogP contribution in [0.15, 0.2) is 18.2 Å². The number of carbonyl (C=O) groups excluding carboxylic acids is 1. The van der Waals surface area contributed by atoms with Crippen LogP contribution in [0.5, 0.6) is 0 Å². The number of imidazole rings is 1. The lowest BCUT2D eigenvalue weighted by molar-refractivity contribution is -0.133. The van der Waals surface area contributed by atoms with Crippen molar-refractivity contribution in [2.24, 2.45) is 5.92 Å². The first kappa shape index (κ1) is 20.4. The van der Waals surface area contributed by atoms with Gasteiger partial charge in [-0.25, -0.2) is 4.98 Å². The lowest BCUT2D eigenvalue weighted by atomic mass is 9.79. The Kier molecular flexibility index (Phi) is 5.02. The Hall–Kier alpha value is -1.86. The SMILES string of the molecule is CC(C)CC(=O)N1CCC[C@H]1c1nc2ccc(B3OC(C)(C)C(C)(C)O3)cc2[nH]1. The Morgan fingerprint density at radius 1 is 1.28 bits per heavy atom. The van der Waals surface area contributed by atoms with E-state index in [1.165, 1.54) is 0 Å². The minimum atomic E-state index is -0.397. The van der Waals surface area contributed by atoms with Crippen molar-refractivity contribution in [3.63, 3.8) is 0 Å². The molecule has 7 heteroatoms. The van der Waals surface area contributed by atoms with E-state index in [1.807, 2.05) is 17.0 Å². The maximum absolute atomic E-state index is 12.7. The molecule has 1 atom stereocenters. The molecule has 1 aromatic heterocycles. The van der Waals surface area contributed by atoms with E-state index in [0.29, 0.717) is 12.3 Å². The maximum atomic E-state index is 12.7. The Balaban J connectivity index is 1.58. The molecule has 2 aliphatic rings. The Bertz CT molecular complexity index is 905. The third-order valence-electron chi connectivity index (χ3n) is 6.52. The molecule has 0 bridgehead atoms. The van der Waals surface area contributed by atoms with E-state index in [1.54, 1.807) is 0 Å². The fourth-order valence-electron chi connectivity index (χ4n) is 4.15. The number of likely N-dealkylation sites (tertiary alicyclic amines) is 1. The molecule has 0 spiro atoms. The van der Waals surface area contributed by atoms with E-state index in [9.17, 15) is 4.79 Å². The summed E-state index contributed by atoms with van der Waals surface area (Å²) in [7, 11) is -0.397. The molecule has 3 heterocycles. The van der Waals surface area contributed by atoms with Gasteiger partial charge in [-0.15, -0.1) is 0 Å². The molecule has 1 N–H and O–H groups in total. The van der Waals surface area contributed by atoms with Crippen LogP contribution in [0, 0.1) is 5.92 Å². The van der Waals surface area contributed by atoms with E-state index in [-0.39, 0.29) is 23.2 Å². The lowest BCUT2D eigenvalue weighted by Gasteiger charge is -2.32. The summed E-state index contributed by atoms with van der Waals surface area (Å²) in [6.45, 7) is 13.2. The standard InChI is InChI=1S/C22H32BN3O3/c1-14(2)12-19(27)26-11-7-8-18(26)20-24-16-10-9-15(13-17(16)25-20)23-28-21(3,4)22(5,6)29-23/h9-10,13-14,18H,7-8,11-12H2,1-6H3,(H,24,25)/t18-/m0/s1. The maximum Gasteiger partial charge on any atom is 0.494 e. The molecule has 0 unspecified atom stereocenters. The van der Waals surface area contributed by atoms with E-state index in [0.717, 1.165) is 41.7 Å². The van der Waals surface area contributed by atoms with E-state index in [2.05, 4.69) is 52.6 Å². The van der Waals surface area contributed by atoms with Crippen LogP contribution in [0.2, 0.25) is 0 Å². The van der Waals surface area contributed by atoms with Gasteiger partial charge in [-0.1, -0.05) is 19.9 Å². The van der Waals surface area contributed by atoms with Crippen molar-refractivity contribution in [3.05, 3.63) is 24.0 Å². The van der Waals surface area contributed by atoms with Crippen molar-refractivity contribution in [1.29, 1.82) is 0 Å². The third kappa shape index (κ3) is 3.70. The highest BCUT2D eigenvalue weighted by Crippen LogP contribution is 2.37. The number of rotatable bonds is 4. The topological polar surface area (TPSA) is 67.5 Å². The summed E-state index contributed by atoms with van der Waals surface area (Å²) in [6, 6.07) is 6.12. The summed E-state index contributed by atoms with van der Waals surface area (Å²) in [5, 5.41) is 0. The highest BCUT2D eigenvalue weighted by molar-refractivity contribution is 6.62. The number of aromatic nitrogens is 2. The van der Waals surface area contributed by atoms with E-state index < -0.39 is 7.12 Å². The Morgan fingerprint density at radius 3 is 2.62 bits per heavy atom. The first-order chi connectivity index (χ1) is 13.6. The monoisotopic (exact) mass is 397 g/mol. The third-order valence-corrected chi connectivity index (χ3v) is 6.52. The molecule has 2 aliphatic heterocycles. The molecule has 2 saturated heterocycles. The summed E-state index contributed by atoms with van der Waals surface area (Å²) in [5.74, 6) is 1.46. The number of nitrogens with zero attached hydrogens (tertiary/aromatic N) is 2. The molecule has 156 valence electrons. The normalized spacial score (nSPS) is 23.5. The van der Waals surface area contributed by atoms with Crippen LogP contribution in [0.1, 0.15) is 72.7 Å². The second kappa shape index (κ2) is 7.13. The van der Waals surface area contributed by atoms with Gasteiger partial charge in [0.25, 0.3) is 0 Å². The van der Waals surface area contributed by atoms with Gasteiger partial charge in [0.2, 0.25) is 5.91 Å². The number of amides is 1. The lowest BCUT2D eigenvalue weighted by Crippen LogP contribution is -2.41. The zero-order valence-corrected chi connectivity index (χ0v) is 18.4. The second-order valence-corrected chi connectivity index (χ2v) is 9.83. The Labute approximate surface area is 173 Å². The van der Waals surface area contributed by atoms with Crippen LogP contribution >= 0.6 is 0 Å². The molecule has 4 rings (SSSR count). The number of nitrogens with one attached hydrogen (secondary N) is 1. The second-order valence-electron chi connectivity index (χ2n) is 9.83. The molecule has 0 aliphatic carbocycles. The molecule has 0 radical (unpaired) electrons. The van der Waals surface area contributed by atoms with Crippen molar-refractivity contribution in [2.45, 2.75) is 78.0 Å². The summed E-state index contributed by atoms with van der Waals surface area (Å²) >= 11 is 0. The molecule has 2 fully saturated rings. The van der Waals surface area contributed by atoms with Gasteiger partial charge in [0, 0.05) is 13.0 Å². The quantitative estimate of drug-likeness (QED) is 0.801. The average molecular weight is 397 g/mol. The number of hydrogen-bond donors (Lipinski definition) is 1. The summed E-state index contributed by atoms with van der Waals surface area (Å²) in [4.78, 5) is 22.9. The molecule has 29 heavy (non-hydrogen) atoms. The number of benzene rings is 1. The zero-order chi connectivity index (χ0) is 21.0. The minimum Gasteiger partial charge on any atom is -0.399 e. The van der Waals surface area contributed by atoms with Crippen LogP contribution < -0.4 is 5.46 Å². The zero-order valence-electron chi connectivity index (χ0n) is 18.4. The molecule has 1 amide bonds. The highest BCUT2D eigenvalue weighted by Gasteiger charge is 2.51. The predicted octanol–water partition coefficient (Wildman–Crippen LogP) is 3.57. The first-order valence-corrected chi connectivity index (χ1v) is 10.7. The highest BCUT2D eigenvalue weighted by atomic mass is 16.7. The number of carbonyl (C=O) groups is 1. The number of H-pyrrole nitrogens is 1. The average Bonchev–Trinajstić information content (AvgIpc) is 3.29. The van der Waals surface area contributed by atoms with Crippen LogP contribution in [0.4, 0.5) is 0 Å². The predicted molar refractivity (Wildman–Crippen MR) is 115 cm³/mol. The molecular formula is C22H32BN3O3. The van der Waals surface area contributed by atoms with Crippen molar-refractivity contribution in [1.82, 2.24) is 14.9 Å². The van der Waals surface area contributed by atoms with E-state index >= 15 is 0 Å². The summed E-state index contributed by atoms with van der Waals surface area (Å²) in [5.41, 5.74) is 2.10. The number of fused-ring (bicyclic) bond motifs is 1. The van der Waals surface area contributed by atoms with Gasteiger partial charge in [-0.3, -0.25) is 4.79 Å². The van der Waals surface area contributed by atoms with Gasteiger partial charge in [-0.05, 0) is 64.1 Å². The summed E-state index contributed by atoms with van der Waals surface area (Å²) in [6.07, 6.45) is 2.56. The van der Waals surface area contributed by atoms with Crippen LogP contribution in [0.3, 0.4) is 0 Å².